The minimum atomic E-state index is -0.248. The van der Waals surface area contributed by atoms with E-state index in [1.165, 1.54) is 0 Å². The minimum absolute atomic E-state index is 0.248. The lowest BCUT2D eigenvalue weighted by Crippen LogP contribution is -2.07. The van der Waals surface area contributed by atoms with Crippen LogP contribution in [0.25, 0.3) is 6.08 Å². The van der Waals surface area contributed by atoms with E-state index >= 15 is 0 Å². The normalized spacial score (nSPS) is 11.1. The molecule has 0 unspecified atom stereocenters. The zero-order valence-corrected chi connectivity index (χ0v) is 12.1. The fourth-order valence-corrected chi connectivity index (χ4v) is 1.74. The number of halogens is 1. The zero-order chi connectivity index (χ0) is 13.4. The van der Waals surface area contributed by atoms with Gasteiger partial charge in [0.2, 0.25) is 0 Å². The van der Waals surface area contributed by atoms with Crippen LogP contribution in [0.15, 0.2) is 47.0 Å². The topological polar surface area (TPSA) is 26.3 Å². The first-order valence-electron chi connectivity index (χ1n) is 5.91. The number of ether oxygens (including phenoxy) is 1. The number of allylic oxidation sites excluding steroid dienone is 1. The Labute approximate surface area is 116 Å². The van der Waals surface area contributed by atoms with Crippen LogP contribution in [0.4, 0.5) is 0 Å². The highest BCUT2D eigenvalue weighted by Gasteiger charge is 2.09. The lowest BCUT2D eigenvalue weighted by Gasteiger charge is -2.06. The standard InChI is InChI=1S/C15H17BrO2/c1-3-5-6-13(15(17)18-4-2)11-12-7-9-14(16)10-8-12/h3,7-11H,1,4-6H2,2H3/b13-11+. The van der Waals surface area contributed by atoms with Crippen LogP contribution in [-0.2, 0) is 9.53 Å². The number of carbonyl (C=O) groups excluding carboxylic acids is 1. The van der Waals surface area contributed by atoms with Crippen LogP contribution in [0, 0.1) is 0 Å². The third kappa shape index (κ3) is 4.88. The maximum absolute atomic E-state index is 11.8. The van der Waals surface area contributed by atoms with Crippen molar-refractivity contribution < 1.29 is 9.53 Å². The third-order valence-electron chi connectivity index (χ3n) is 2.37. The van der Waals surface area contributed by atoms with Crippen LogP contribution in [0.3, 0.4) is 0 Å². The van der Waals surface area contributed by atoms with Gasteiger partial charge in [-0.3, -0.25) is 0 Å². The summed E-state index contributed by atoms with van der Waals surface area (Å²) in [5.41, 5.74) is 1.67. The van der Waals surface area contributed by atoms with E-state index in [0.29, 0.717) is 18.6 Å². The Morgan fingerprint density at radius 2 is 2.06 bits per heavy atom. The number of rotatable bonds is 6. The number of hydrogen-bond acceptors (Lipinski definition) is 2. The molecule has 0 saturated carbocycles. The van der Waals surface area contributed by atoms with Crippen molar-refractivity contribution in [3.05, 3.63) is 52.5 Å². The molecule has 0 heterocycles. The molecule has 0 aliphatic carbocycles. The van der Waals surface area contributed by atoms with Crippen LogP contribution >= 0.6 is 15.9 Å². The van der Waals surface area contributed by atoms with Crippen molar-refractivity contribution >= 4 is 28.0 Å². The van der Waals surface area contributed by atoms with Gasteiger partial charge in [0.25, 0.3) is 0 Å². The summed E-state index contributed by atoms with van der Waals surface area (Å²) in [7, 11) is 0. The fraction of sp³-hybridized carbons (Fsp3) is 0.267. The van der Waals surface area contributed by atoms with E-state index in [1.807, 2.05) is 37.3 Å². The molecule has 2 nitrogen and oxygen atoms in total. The Kier molecular flexibility index (Phi) is 6.44. The van der Waals surface area contributed by atoms with Gasteiger partial charge in [-0.1, -0.05) is 34.1 Å². The minimum Gasteiger partial charge on any atom is -0.463 e. The highest BCUT2D eigenvalue weighted by molar-refractivity contribution is 9.10. The third-order valence-corrected chi connectivity index (χ3v) is 2.89. The molecule has 0 atom stereocenters. The molecular weight excluding hydrogens is 292 g/mol. The highest BCUT2D eigenvalue weighted by atomic mass is 79.9. The van der Waals surface area contributed by atoms with Gasteiger partial charge in [0.1, 0.15) is 0 Å². The molecule has 0 radical (unpaired) electrons. The van der Waals surface area contributed by atoms with Crippen molar-refractivity contribution in [3.8, 4) is 0 Å². The number of hydrogen-bond donors (Lipinski definition) is 0. The van der Waals surface area contributed by atoms with E-state index < -0.39 is 0 Å². The summed E-state index contributed by atoms with van der Waals surface area (Å²) in [4.78, 5) is 11.8. The van der Waals surface area contributed by atoms with E-state index in [-0.39, 0.29) is 5.97 Å². The SMILES string of the molecule is C=CCC/C(=C\c1ccc(Br)cc1)C(=O)OCC. The van der Waals surface area contributed by atoms with E-state index in [1.54, 1.807) is 6.08 Å². The van der Waals surface area contributed by atoms with Crippen molar-refractivity contribution in [3.63, 3.8) is 0 Å². The Morgan fingerprint density at radius 3 is 2.61 bits per heavy atom. The molecule has 0 bridgehead atoms. The van der Waals surface area contributed by atoms with E-state index in [0.717, 1.165) is 16.5 Å². The predicted molar refractivity (Wildman–Crippen MR) is 78.2 cm³/mol. The molecular formula is C15H17BrO2. The van der Waals surface area contributed by atoms with Crippen LogP contribution in [-0.4, -0.2) is 12.6 Å². The maximum Gasteiger partial charge on any atom is 0.334 e. The monoisotopic (exact) mass is 308 g/mol. The van der Waals surface area contributed by atoms with Gasteiger partial charge in [-0.15, -0.1) is 6.58 Å². The Bertz CT molecular complexity index is 432. The Morgan fingerprint density at radius 1 is 1.39 bits per heavy atom. The van der Waals surface area contributed by atoms with Crippen LogP contribution in [0.1, 0.15) is 25.3 Å². The quantitative estimate of drug-likeness (QED) is 0.443. The lowest BCUT2D eigenvalue weighted by atomic mass is 10.1. The molecule has 0 spiro atoms. The largest absolute Gasteiger partial charge is 0.463 e. The van der Waals surface area contributed by atoms with E-state index in [4.69, 9.17) is 4.74 Å². The van der Waals surface area contributed by atoms with Gasteiger partial charge in [0.15, 0.2) is 0 Å². The molecule has 3 heteroatoms. The van der Waals surface area contributed by atoms with Gasteiger partial charge in [-0.25, -0.2) is 4.79 Å². The van der Waals surface area contributed by atoms with Gasteiger partial charge >= 0.3 is 5.97 Å². The Balaban J connectivity index is 2.89. The van der Waals surface area contributed by atoms with E-state index in [2.05, 4.69) is 22.5 Å². The molecule has 0 aliphatic rings. The lowest BCUT2D eigenvalue weighted by molar-refractivity contribution is -0.138. The van der Waals surface area contributed by atoms with E-state index in [9.17, 15) is 4.79 Å². The molecule has 0 N–H and O–H groups in total. The highest BCUT2D eigenvalue weighted by Crippen LogP contribution is 2.16. The Hall–Kier alpha value is -1.35. The summed E-state index contributed by atoms with van der Waals surface area (Å²) in [6.07, 6.45) is 5.09. The molecule has 0 saturated heterocycles. The van der Waals surface area contributed by atoms with Gasteiger partial charge in [0, 0.05) is 10.0 Å². The summed E-state index contributed by atoms with van der Waals surface area (Å²) in [6.45, 7) is 5.87. The summed E-state index contributed by atoms with van der Waals surface area (Å²) in [5.74, 6) is -0.248. The number of carbonyl (C=O) groups is 1. The molecule has 96 valence electrons. The van der Waals surface area contributed by atoms with Crippen molar-refractivity contribution in [1.82, 2.24) is 0 Å². The van der Waals surface area contributed by atoms with Crippen molar-refractivity contribution in [2.75, 3.05) is 6.61 Å². The number of benzene rings is 1. The van der Waals surface area contributed by atoms with Crippen molar-refractivity contribution in [2.45, 2.75) is 19.8 Å². The first kappa shape index (κ1) is 14.7. The van der Waals surface area contributed by atoms with Gasteiger partial charge in [-0.05, 0) is 43.5 Å². The summed E-state index contributed by atoms with van der Waals surface area (Å²) >= 11 is 3.38. The molecule has 0 amide bonds. The van der Waals surface area contributed by atoms with Crippen LogP contribution < -0.4 is 0 Å². The molecule has 0 aliphatic heterocycles. The molecule has 0 aromatic heterocycles. The van der Waals surface area contributed by atoms with Crippen LogP contribution in [0.2, 0.25) is 0 Å². The zero-order valence-electron chi connectivity index (χ0n) is 10.5. The summed E-state index contributed by atoms with van der Waals surface area (Å²) in [5, 5.41) is 0. The number of esters is 1. The molecule has 1 aromatic carbocycles. The smallest absolute Gasteiger partial charge is 0.334 e. The molecule has 18 heavy (non-hydrogen) atoms. The average molecular weight is 309 g/mol. The molecule has 0 fully saturated rings. The predicted octanol–water partition coefficient (Wildman–Crippen LogP) is 4.36. The summed E-state index contributed by atoms with van der Waals surface area (Å²) < 4.78 is 6.06. The first-order chi connectivity index (χ1) is 8.67. The summed E-state index contributed by atoms with van der Waals surface area (Å²) in [6, 6.07) is 7.80. The van der Waals surface area contributed by atoms with Crippen LogP contribution in [0.5, 0.6) is 0 Å². The maximum atomic E-state index is 11.8. The second kappa shape index (κ2) is 7.88. The van der Waals surface area contributed by atoms with Crippen molar-refractivity contribution in [1.29, 1.82) is 0 Å². The average Bonchev–Trinajstić information content (AvgIpc) is 2.37. The molecule has 1 rings (SSSR count). The fourth-order valence-electron chi connectivity index (χ4n) is 1.47. The van der Waals surface area contributed by atoms with Gasteiger partial charge in [0.05, 0.1) is 6.61 Å². The second-order valence-electron chi connectivity index (χ2n) is 3.77. The first-order valence-corrected chi connectivity index (χ1v) is 6.70. The van der Waals surface area contributed by atoms with Gasteiger partial charge in [-0.2, -0.15) is 0 Å². The molecule has 1 aromatic rings. The van der Waals surface area contributed by atoms with Gasteiger partial charge < -0.3 is 4.74 Å². The second-order valence-corrected chi connectivity index (χ2v) is 4.68. The van der Waals surface area contributed by atoms with Crippen molar-refractivity contribution in [2.24, 2.45) is 0 Å².